The molecular formula is C25H41Hf. The number of fused-ring (bicyclic) bond motifs is 1. The Bertz CT molecular complexity index is 920. The van der Waals surface area contributed by atoms with Gasteiger partial charge in [0.1, 0.15) is 0 Å². The first-order valence-corrected chi connectivity index (χ1v) is 39.8. The summed E-state index contributed by atoms with van der Waals surface area (Å²) in [4.78, 5) is 0. The van der Waals surface area contributed by atoms with Crippen LogP contribution in [0.25, 0.3) is 6.08 Å². The van der Waals surface area contributed by atoms with Crippen molar-refractivity contribution in [3.8, 4) is 0 Å². The Hall–Kier alpha value is -0.690. The summed E-state index contributed by atoms with van der Waals surface area (Å²) in [7, 11) is 0. The fourth-order valence-electron chi connectivity index (χ4n) is 6.82. The fraction of sp³-hybridized carbons (Fsp3) is 0.520. The third-order valence-corrected chi connectivity index (χ3v) is 55.6. The quantitative estimate of drug-likeness (QED) is 0.340. The minimum absolute atomic E-state index is 0.0118. The van der Waals surface area contributed by atoms with Crippen molar-refractivity contribution in [2.75, 3.05) is 0 Å². The third-order valence-electron chi connectivity index (χ3n) is 9.54. The Morgan fingerprint density at radius 1 is 0.885 bits per heavy atom. The Morgan fingerprint density at radius 3 is 2.04 bits per heavy atom. The van der Waals surface area contributed by atoms with Crippen molar-refractivity contribution in [3.05, 3.63) is 65.8 Å². The normalized spacial score (nSPS) is 30.5. The van der Waals surface area contributed by atoms with E-state index in [1.54, 1.807) is 5.56 Å². The molecule has 2 aliphatic carbocycles. The molecule has 1 heteroatoms. The fourth-order valence-corrected chi connectivity index (χ4v) is 40.5. The van der Waals surface area contributed by atoms with Crippen LogP contribution in [0, 0.1) is 0 Å². The van der Waals surface area contributed by atoms with Gasteiger partial charge in [-0.05, 0) is 0 Å². The molecule has 1 aromatic carbocycles. The Labute approximate surface area is 149 Å². The van der Waals surface area contributed by atoms with Crippen molar-refractivity contribution in [2.24, 2.45) is 0 Å². The summed E-state index contributed by atoms with van der Waals surface area (Å²) >= 11 is -5.49. The van der Waals surface area contributed by atoms with Gasteiger partial charge < -0.3 is 0 Å². The van der Waals surface area contributed by atoms with Crippen LogP contribution in [0.2, 0.25) is 36.4 Å². The molecule has 0 amide bonds. The first-order chi connectivity index (χ1) is 11.3. The summed E-state index contributed by atoms with van der Waals surface area (Å²) in [6.07, 6.45) is 18.2. The second-order valence-electron chi connectivity index (χ2n) is 19.7. The van der Waals surface area contributed by atoms with Crippen LogP contribution in [0.15, 0.2) is 54.6 Å². The predicted molar refractivity (Wildman–Crippen MR) is 120 cm³/mol. The van der Waals surface area contributed by atoms with Crippen molar-refractivity contribution in [3.63, 3.8) is 0 Å². The van der Waals surface area contributed by atoms with Gasteiger partial charge >= 0.3 is 150 Å². The van der Waals surface area contributed by atoms with Crippen molar-refractivity contribution in [1.82, 2.24) is 0 Å². The van der Waals surface area contributed by atoms with Crippen LogP contribution in [0.1, 0.15) is 37.3 Å². The Morgan fingerprint density at radius 2 is 1.46 bits per heavy atom. The van der Waals surface area contributed by atoms with Crippen LogP contribution in [0.5, 0.6) is 0 Å². The average Bonchev–Trinajstić information content (AvgIpc) is 3.13. The Kier molecular flexibility index (Phi) is 2.54. The topological polar surface area (TPSA) is 0 Å². The van der Waals surface area contributed by atoms with Gasteiger partial charge in [-0.3, -0.25) is 0 Å². The number of rotatable bonds is 5. The molecule has 0 N–H and O–H groups in total. The maximum absolute atomic E-state index is 5.49. The molecule has 0 radical (unpaired) electrons. The first-order valence-electron chi connectivity index (χ1n) is 10.8. The first kappa shape index (κ1) is 20.1. The van der Waals surface area contributed by atoms with Gasteiger partial charge in [-0.2, -0.15) is 0 Å². The summed E-state index contributed by atoms with van der Waals surface area (Å²) in [6.45, 7) is 2.32. The molecule has 26 heavy (non-hydrogen) atoms. The number of hydrogen-bond donors (Lipinski definition) is 0. The van der Waals surface area contributed by atoms with Crippen molar-refractivity contribution in [1.29, 1.82) is 0 Å². The van der Waals surface area contributed by atoms with Crippen LogP contribution < -0.4 is 0 Å². The summed E-state index contributed by atoms with van der Waals surface area (Å²) in [5.41, 5.74) is 2.95. The van der Waals surface area contributed by atoms with Gasteiger partial charge in [-0.15, -0.1) is 0 Å². The number of hydrogen-bond acceptors (Lipinski definition) is 0. The molecule has 2 aliphatic rings. The molecule has 0 heterocycles. The molecule has 0 nitrogen and oxygen atoms in total. The SMILES string of the molecule is CCCC[C]1([Hf]([CH3])([CH3])([CH3])([CH3])([CH3])([CH3])([CH3])[CH]2C=CC=C2)C=Cc2ccccc21. The van der Waals surface area contributed by atoms with Crippen LogP contribution >= 0.6 is 0 Å². The van der Waals surface area contributed by atoms with Crippen LogP contribution in [-0.2, 0) is 15.8 Å². The van der Waals surface area contributed by atoms with Crippen molar-refractivity contribution < 1.29 is 12.6 Å². The molecule has 0 fully saturated rings. The second kappa shape index (κ2) is 3.30. The monoisotopic (exact) mass is 521 g/mol. The van der Waals surface area contributed by atoms with E-state index in [9.17, 15) is 0 Å². The van der Waals surface area contributed by atoms with E-state index in [4.69, 9.17) is 0 Å². The maximum atomic E-state index is 2.72. The molecule has 1 unspecified atom stereocenters. The van der Waals surface area contributed by atoms with E-state index in [2.05, 4.69) is 100 Å². The molecule has 1 aromatic rings. The summed E-state index contributed by atoms with van der Waals surface area (Å²) < 4.78 is 19.4. The van der Waals surface area contributed by atoms with E-state index >= 15 is 0 Å². The van der Waals surface area contributed by atoms with E-state index in [0.717, 1.165) is 0 Å². The van der Waals surface area contributed by atoms with Gasteiger partial charge in [0.15, 0.2) is 0 Å². The van der Waals surface area contributed by atoms with E-state index in [-0.39, 0.29) is 3.17 Å². The van der Waals surface area contributed by atoms with Crippen LogP contribution in [-0.4, -0.2) is 0 Å². The van der Waals surface area contributed by atoms with E-state index in [0.29, 0.717) is 3.67 Å². The molecular weight excluding hydrogens is 479 g/mol. The zero-order valence-electron chi connectivity index (χ0n) is 18.5. The summed E-state index contributed by atoms with van der Waals surface area (Å²) in [5.74, 6) is 0. The van der Waals surface area contributed by atoms with Crippen molar-refractivity contribution in [2.45, 2.75) is 65.8 Å². The van der Waals surface area contributed by atoms with Gasteiger partial charge in [0.25, 0.3) is 0 Å². The molecule has 0 saturated carbocycles. The predicted octanol–water partition coefficient (Wildman–Crippen LogP) is 9.18. The van der Waals surface area contributed by atoms with Gasteiger partial charge in [-0.1, -0.05) is 0 Å². The molecule has 0 aliphatic heterocycles. The third kappa shape index (κ3) is 2.10. The van der Waals surface area contributed by atoms with Crippen LogP contribution in [0.4, 0.5) is 0 Å². The Balaban J connectivity index is 2.60. The molecule has 145 valence electrons. The van der Waals surface area contributed by atoms with Gasteiger partial charge in [0.05, 0.1) is 0 Å². The van der Waals surface area contributed by atoms with Crippen molar-refractivity contribution >= 4 is 6.08 Å². The van der Waals surface area contributed by atoms with E-state index < -0.39 is 12.6 Å². The number of allylic oxidation sites excluding steroid dienone is 5. The standard InChI is InChI=1S/C13H15.C5H5.7CH3.Hf/c1-2-3-6-11-9-10-12-7-4-5-8-13(11)12;1-2-4-5-3-1;;;;;;;;/h4-5,7-10H,2-3,6H2,1H3;1-5H;7*1H3;. The molecule has 0 spiro atoms. The second-order valence-corrected chi connectivity index (χ2v) is 129. The van der Waals surface area contributed by atoms with Gasteiger partial charge in [0.2, 0.25) is 0 Å². The molecule has 0 bridgehead atoms. The van der Waals surface area contributed by atoms with Gasteiger partial charge in [-0.25, -0.2) is 0 Å². The van der Waals surface area contributed by atoms with E-state index in [1.165, 1.54) is 24.8 Å². The van der Waals surface area contributed by atoms with E-state index in [1.807, 2.05) is 0 Å². The molecule has 3 rings (SSSR count). The molecule has 0 aromatic heterocycles. The van der Waals surface area contributed by atoms with Crippen LogP contribution in [0.3, 0.4) is 0 Å². The molecule has 0 saturated heterocycles. The van der Waals surface area contributed by atoms with Gasteiger partial charge in [0, 0.05) is 0 Å². The summed E-state index contributed by atoms with van der Waals surface area (Å²) in [6, 6.07) is 9.14. The zero-order valence-corrected chi connectivity index (χ0v) is 22.1. The molecule has 1 atom stereocenters. The average molecular weight is 520 g/mol. The minimum atomic E-state index is -5.49. The number of benzene rings is 1. The number of unbranched alkanes of at least 4 members (excludes halogenated alkanes) is 1. The zero-order chi connectivity index (χ0) is 19.8. The summed E-state index contributed by atoms with van der Waals surface area (Å²) in [5, 5.41) is 0.